The zero-order valence-corrected chi connectivity index (χ0v) is 19.0. The highest BCUT2D eigenvalue weighted by Gasteiger charge is 2.31. The summed E-state index contributed by atoms with van der Waals surface area (Å²) in [5.41, 5.74) is 7.68. The van der Waals surface area contributed by atoms with Gasteiger partial charge in [0.1, 0.15) is 11.5 Å². The number of rotatable bonds is 5. The smallest absolute Gasteiger partial charge is 0.115 e. The fourth-order valence-electron chi connectivity index (χ4n) is 4.57. The molecule has 0 atom stereocenters. The van der Waals surface area contributed by atoms with Crippen LogP contribution in [0, 0.1) is 0 Å². The predicted molar refractivity (Wildman–Crippen MR) is 139 cm³/mol. The monoisotopic (exact) mass is 442 g/mol. The molecule has 0 saturated carbocycles. The zero-order chi connectivity index (χ0) is 23.5. The minimum Gasteiger partial charge on any atom is -0.508 e. The normalized spacial score (nSPS) is 11.3. The first kappa shape index (κ1) is 21.5. The van der Waals surface area contributed by atoms with Gasteiger partial charge in [0, 0.05) is 5.41 Å². The van der Waals surface area contributed by atoms with E-state index in [0.29, 0.717) is 0 Å². The summed E-state index contributed by atoms with van der Waals surface area (Å²) in [6, 6.07) is 42.6. The molecule has 0 aliphatic rings. The number of benzene rings is 5. The van der Waals surface area contributed by atoms with Crippen molar-refractivity contribution in [2.75, 3.05) is 0 Å². The molecule has 0 spiro atoms. The molecule has 0 heterocycles. The van der Waals surface area contributed by atoms with Crippen molar-refractivity contribution in [1.82, 2.24) is 0 Å². The molecular weight excluding hydrogens is 416 g/mol. The molecule has 5 rings (SSSR count). The molecule has 2 N–H and O–H groups in total. The molecule has 5 aromatic rings. The van der Waals surface area contributed by atoms with Crippen LogP contribution in [0.2, 0.25) is 0 Å². The van der Waals surface area contributed by atoms with Crippen molar-refractivity contribution in [3.8, 4) is 33.8 Å². The first-order valence-electron chi connectivity index (χ1n) is 11.4. The maximum atomic E-state index is 9.60. The molecule has 0 amide bonds. The van der Waals surface area contributed by atoms with Crippen molar-refractivity contribution in [3.05, 3.63) is 144 Å². The standard InChI is InChI=1S/C32H26O2/c1-32(27-5-3-2-4-6-27,28-15-7-23(8-16-28)25-11-19-30(33)20-12-25)29-17-9-24(10-18-29)26-13-21-31(34)22-14-26/h2-22,33-34H,1H3. The van der Waals surface area contributed by atoms with Crippen LogP contribution in [0.5, 0.6) is 11.5 Å². The Kier molecular flexibility index (Phi) is 5.65. The third kappa shape index (κ3) is 4.06. The summed E-state index contributed by atoms with van der Waals surface area (Å²) >= 11 is 0. The van der Waals surface area contributed by atoms with Gasteiger partial charge in [-0.3, -0.25) is 0 Å². The van der Waals surface area contributed by atoms with E-state index in [1.807, 2.05) is 30.3 Å². The van der Waals surface area contributed by atoms with Gasteiger partial charge in [0.05, 0.1) is 0 Å². The van der Waals surface area contributed by atoms with Crippen LogP contribution in [0.3, 0.4) is 0 Å². The average Bonchev–Trinajstić information content (AvgIpc) is 2.90. The van der Waals surface area contributed by atoms with Gasteiger partial charge >= 0.3 is 0 Å². The van der Waals surface area contributed by atoms with E-state index in [-0.39, 0.29) is 16.9 Å². The second-order valence-electron chi connectivity index (χ2n) is 8.74. The summed E-state index contributed by atoms with van der Waals surface area (Å²) in [4.78, 5) is 0. The van der Waals surface area contributed by atoms with E-state index in [1.54, 1.807) is 24.3 Å². The van der Waals surface area contributed by atoms with Crippen LogP contribution >= 0.6 is 0 Å². The Bertz CT molecular complexity index is 1280. The highest BCUT2D eigenvalue weighted by atomic mass is 16.3. The molecule has 0 bridgehead atoms. The lowest BCUT2D eigenvalue weighted by Gasteiger charge is -2.32. The van der Waals surface area contributed by atoms with Gasteiger partial charge in [-0.2, -0.15) is 0 Å². The fraction of sp³-hybridized carbons (Fsp3) is 0.0625. The van der Waals surface area contributed by atoms with Crippen LogP contribution in [0.25, 0.3) is 22.3 Å². The topological polar surface area (TPSA) is 40.5 Å². The Morgan fingerprint density at radius 2 is 0.676 bits per heavy atom. The number of aromatic hydroxyl groups is 2. The Morgan fingerprint density at radius 1 is 0.382 bits per heavy atom. The second kappa shape index (κ2) is 8.92. The predicted octanol–water partition coefficient (Wildman–Crippen LogP) is 7.79. The molecule has 0 saturated heterocycles. The van der Waals surface area contributed by atoms with Crippen LogP contribution in [0.15, 0.2) is 127 Å². The van der Waals surface area contributed by atoms with E-state index in [4.69, 9.17) is 0 Å². The molecule has 0 aliphatic carbocycles. The van der Waals surface area contributed by atoms with Crippen molar-refractivity contribution < 1.29 is 10.2 Å². The number of hydrogen-bond acceptors (Lipinski definition) is 2. The Balaban J connectivity index is 1.56. The van der Waals surface area contributed by atoms with E-state index in [9.17, 15) is 10.2 Å². The molecule has 2 heteroatoms. The van der Waals surface area contributed by atoms with Gasteiger partial charge in [0.2, 0.25) is 0 Å². The lowest BCUT2D eigenvalue weighted by atomic mass is 9.70. The SMILES string of the molecule is CC(c1ccccc1)(c1ccc(-c2ccc(O)cc2)cc1)c1ccc(-c2ccc(O)cc2)cc1. The lowest BCUT2D eigenvalue weighted by molar-refractivity contribution is 0.475. The third-order valence-corrected chi connectivity index (χ3v) is 6.68. The van der Waals surface area contributed by atoms with Crippen LogP contribution in [-0.2, 0) is 5.41 Å². The number of phenols is 2. The van der Waals surface area contributed by atoms with Crippen LogP contribution in [-0.4, -0.2) is 10.2 Å². The number of phenolic OH excluding ortho intramolecular Hbond substituents is 2. The van der Waals surface area contributed by atoms with Crippen molar-refractivity contribution in [1.29, 1.82) is 0 Å². The summed E-state index contributed by atoms with van der Waals surface area (Å²) in [5.74, 6) is 0.542. The molecule has 2 nitrogen and oxygen atoms in total. The van der Waals surface area contributed by atoms with Gasteiger partial charge in [-0.25, -0.2) is 0 Å². The first-order valence-corrected chi connectivity index (χ1v) is 11.4. The van der Waals surface area contributed by atoms with Gasteiger partial charge in [-0.1, -0.05) is 103 Å². The van der Waals surface area contributed by atoms with E-state index in [0.717, 1.165) is 22.3 Å². The minimum atomic E-state index is -0.331. The van der Waals surface area contributed by atoms with Crippen LogP contribution < -0.4 is 0 Å². The quantitative estimate of drug-likeness (QED) is 0.273. The second-order valence-corrected chi connectivity index (χ2v) is 8.74. The van der Waals surface area contributed by atoms with E-state index in [2.05, 4.69) is 79.7 Å². The Morgan fingerprint density at radius 3 is 1.03 bits per heavy atom. The van der Waals surface area contributed by atoms with E-state index < -0.39 is 0 Å². The molecular formula is C32H26O2. The molecule has 0 aliphatic heterocycles. The van der Waals surface area contributed by atoms with Crippen LogP contribution in [0.1, 0.15) is 23.6 Å². The fourth-order valence-corrected chi connectivity index (χ4v) is 4.57. The summed E-state index contributed by atoms with van der Waals surface area (Å²) in [7, 11) is 0. The summed E-state index contributed by atoms with van der Waals surface area (Å²) in [6.07, 6.45) is 0. The van der Waals surface area contributed by atoms with Gasteiger partial charge < -0.3 is 10.2 Å². The molecule has 166 valence electrons. The molecule has 0 radical (unpaired) electrons. The van der Waals surface area contributed by atoms with Gasteiger partial charge in [-0.15, -0.1) is 0 Å². The molecule has 5 aromatic carbocycles. The largest absolute Gasteiger partial charge is 0.508 e. The van der Waals surface area contributed by atoms with Gasteiger partial charge in [0.15, 0.2) is 0 Å². The first-order chi connectivity index (χ1) is 16.5. The molecule has 0 aromatic heterocycles. The molecule has 34 heavy (non-hydrogen) atoms. The highest BCUT2D eigenvalue weighted by Crippen LogP contribution is 2.40. The van der Waals surface area contributed by atoms with Crippen molar-refractivity contribution in [2.45, 2.75) is 12.3 Å². The zero-order valence-electron chi connectivity index (χ0n) is 19.0. The summed E-state index contributed by atoms with van der Waals surface area (Å²) in [6.45, 7) is 2.27. The van der Waals surface area contributed by atoms with E-state index >= 15 is 0 Å². The maximum absolute atomic E-state index is 9.60. The van der Waals surface area contributed by atoms with Crippen molar-refractivity contribution in [2.24, 2.45) is 0 Å². The highest BCUT2D eigenvalue weighted by molar-refractivity contribution is 5.67. The number of hydrogen-bond donors (Lipinski definition) is 2. The summed E-state index contributed by atoms with van der Waals surface area (Å²) in [5, 5.41) is 19.2. The van der Waals surface area contributed by atoms with E-state index in [1.165, 1.54) is 16.7 Å². The minimum absolute atomic E-state index is 0.271. The third-order valence-electron chi connectivity index (χ3n) is 6.68. The molecule has 0 fully saturated rings. The van der Waals surface area contributed by atoms with Crippen LogP contribution in [0.4, 0.5) is 0 Å². The van der Waals surface area contributed by atoms with Crippen molar-refractivity contribution >= 4 is 0 Å². The van der Waals surface area contributed by atoms with Gasteiger partial charge in [0.25, 0.3) is 0 Å². The molecule has 0 unspecified atom stereocenters. The summed E-state index contributed by atoms with van der Waals surface area (Å²) < 4.78 is 0. The Hall–Kier alpha value is -4.30. The maximum Gasteiger partial charge on any atom is 0.115 e. The average molecular weight is 443 g/mol. The Labute approximate surface area is 200 Å². The van der Waals surface area contributed by atoms with Gasteiger partial charge in [-0.05, 0) is 70.1 Å². The lowest BCUT2D eigenvalue weighted by Crippen LogP contribution is -2.25. The van der Waals surface area contributed by atoms with Crippen molar-refractivity contribution in [3.63, 3.8) is 0 Å².